The molecule has 0 bridgehead atoms. The number of nitrogens with zero attached hydrogens (tertiary/aromatic N) is 1. The maximum absolute atomic E-state index is 12.0. The minimum Gasteiger partial charge on any atom is -0.380 e. The van der Waals surface area contributed by atoms with Crippen molar-refractivity contribution in [2.24, 2.45) is 5.73 Å². The summed E-state index contributed by atoms with van der Waals surface area (Å²) in [4.78, 5) is 16.1. The zero-order valence-electron chi connectivity index (χ0n) is 11.7. The highest BCUT2D eigenvalue weighted by atomic mass is 35.5. The minimum atomic E-state index is -0.187. The Bertz CT molecular complexity index is 589. The third kappa shape index (κ3) is 4.78. The van der Waals surface area contributed by atoms with Crippen LogP contribution >= 0.6 is 23.7 Å². The van der Waals surface area contributed by atoms with Crippen LogP contribution in [0.25, 0.3) is 0 Å². The van der Waals surface area contributed by atoms with Gasteiger partial charge in [-0.15, -0.1) is 23.7 Å². The smallest absolute Gasteiger partial charge is 0.271 e. The van der Waals surface area contributed by atoms with E-state index in [9.17, 15) is 4.79 Å². The molecule has 0 radical (unpaired) electrons. The third-order valence-electron chi connectivity index (χ3n) is 2.82. The van der Waals surface area contributed by atoms with Crippen LogP contribution in [0.4, 0.5) is 0 Å². The highest BCUT2D eigenvalue weighted by Crippen LogP contribution is 2.11. The molecule has 0 fully saturated rings. The van der Waals surface area contributed by atoms with Crippen molar-refractivity contribution in [3.05, 3.63) is 51.5 Å². The Kier molecular flexibility index (Phi) is 7.31. The molecule has 1 aromatic heterocycles. The number of nitrogens with two attached hydrogens (primary N) is 1. The van der Waals surface area contributed by atoms with Gasteiger partial charge in [-0.25, -0.2) is 4.98 Å². The number of nitrogens with one attached hydrogen (secondary N) is 1. The van der Waals surface area contributed by atoms with Crippen molar-refractivity contribution in [3.8, 4) is 0 Å². The molecule has 0 unspecified atom stereocenters. The first kappa shape index (κ1) is 17.6. The van der Waals surface area contributed by atoms with Crippen LogP contribution in [0.5, 0.6) is 0 Å². The molecule has 0 atom stereocenters. The fraction of sp³-hybridized carbons (Fsp3) is 0.286. The van der Waals surface area contributed by atoms with E-state index in [2.05, 4.69) is 10.3 Å². The van der Waals surface area contributed by atoms with Gasteiger partial charge in [0.2, 0.25) is 0 Å². The third-order valence-corrected chi connectivity index (χ3v) is 3.69. The zero-order chi connectivity index (χ0) is 14.4. The molecule has 3 N–H and O–H groups in total. The standard InChI is InChI=1S/C14H17N3O2S.ClH/c1-19-8-11-5-3-2-4-10(11)7-16-14(18)12-9-20-13(6-15)17-12;/h2-5,9H,6-8,15H2,1H3,(H,16,18);1H. The SMILES string of the molecule is COCc1ccccc1CNC(=O)c1csc(CN)n1.Cl. The number of ether oxygens (including phenoxy) is 1. The molecule has 7 heteroatoms. The largest absolute Gasteiger partial charge is 0.380 e. The van der Waals surface area contributed by atoms with E-state index in [1.807, 2.05) is 24.3 Å². The maximum atomic E-state index is 12.0. The topological polar surface area (TPSA) is 77.2 Å². The van der Waals surface area contributed by atoms with E-state index in [1.165, 1.54) is 11.3 Å². The number of hydrogen-bond donors (Lipinski definition) is 2. The summed E-state index contributed by atoms with van der Waals surface area (Å²) in [6.45, 7) is 1.34. The number of amides is 1. The van der Waals surface area contributed by atoms with E-state index < -0.39 is 0 Å². The van der Waals surface area contributed by atoms with Crippen LogP contribution in [-0.2, 0) is 24.4 Å². The van der Waals surface area contributed by atoms with E-state index >= 15 is 0 Å². The number of carbonyl (C=O) groups excluding carboxylic acids is 1. The Morgan fingerprint density at radius 1 is 1.38 bits per heavy atom. The summed E-state index contributed by atoms with van der Waals surface area (Å²) in [5, 5.41) is 5.34. The highest BCUT2D eigenvalue weighted by molar-refractivity contribution is 7.09. The van der Waals surface area contributed by atoms with Gasteiger partial charge in [-0.2, -0.15) is 0 Å². The van der Waals surface area contributed by atoms with Crippen LogP contribution in [0.2, 0.25) is 0 Å². The molecule has 0 spiro atoms. The number of rotatable bonds is 6. The van der Waals surface area contributed by atoms with Crippen molar-refractivity contribution < 1.29 is 9.53 Å². The Balaban J connectivity index is 0.00000220. The van der Waals surface area contributed by atoms with Gasteiger partial charge in [0.05, 0.1) is 6.61 Å². The molecule has 5 nitrogen and oxygen atoms in total. The van der Waals surface area contributed by atoms with E-state index in [1.54, 1.807) is 12.5 Å². The minimum absolute atomic E-state index is 0. The number of methoxy groups -OCH3 is 1. The molecular formula is C14H18ClN3O2S. The summed E-state index contributed by atoms with van der Waals surface area (Å²) >= 11 is 1.39. The van der Waals surface area contributed by atoms with E-state index in [-0.39, 0.29) is 18.3 Å². The molecule has 0 aliphatic heterocycles. The molecule has 21 heavy (non-hydrogen) atoms. The molecule has 1 heterocycles. The van der Waals surface area contributed by atoms with Crippen LogP contribution in [0, 0.1) is 0 Å². The van der Waals surface area contributed by atoms with Crippen molar-refractivity contribution in [2.75, 3.05) is 7.11 Å². The monoisotopic (exact) mass is 327 g/mol. The van der Waals surface area contributed by atoms with Crippen LogP contribution in [0.15, 0.2) is 29.6 Å². The Morgan fingerprint density at radius 3 is 2.71 bits per heavy atom. The lowest BCUT2D eigenvalue weighted by atomic mass is 10.1. The van der Waals surface area contributed by atoms with Crippen molar-refractivity contribution >= 4 is 29.7 Å². The predicted octanol–water partition coefficient (Wildman–Crippen LogP) is 2.10. The average molecular weight is 328 g/mol. The van der Waals surface area contributed by atoms with Gasteiger partial charge in [0, 0.05) is 25.6 Å². The van der Waals surface area contributed by atoms with Crippen molar-refractivity contribution in [1.82, 2.24) is 10.3 Å². The summed E-state index contributed by atoms with van der Waals surface area (Å²) in [7, 11) is 1.65. The zero-order valence-corrected chi connectivity index (χ0v) is 13.3. The molecule has 0 aliphatic rings. The van der Waals surface area contributed by atoms with E-state index in [0.29, 0.717) is 25.4 Å². The lowest BCUT2D eigenvalue weighted by molar-refractivity contribution is 0.0946. The Labute approximate surface area is 133 Å². The number of benzene rings is 1. The number of halogens is 1. The number of thiazole rings is 1. The molecule has 0 saturated heterocycles. The molecule has 1 aromatic carbocycles. The summed E-state index contributed by atoms with van der Waals surface area (Å²) in [6.07, 6.45) is 0. The van der Waals surface area contributed by atoms with Gasteiger partial charge in [0.25, 0.3) is 5.91 Å². The van der Waals surface area contributed by atoms with Gasteiger partial charge < -0.3 is 15.8 Å². The second-order valence-electron chi connectivity index (χ2n) is 4.22. The van der Waals surface area contributed by atoms with Crippen molar-refractivity contribution in [1.29, 1.82) is 0 Å². The fourth-order valence-electron chi connectivity index (χ4n) is 1.80. The molecule has 2 rings (SSSR count). The molecule has 0 saturated carbocycles. The van der Waals surface area contributed by atoms with Gasteiger partial charge in [-0.05, 0) is 11.1 Å². The Morgan fingerprint density at radius 2 is 2.10 bits per heavy atom. The van der Waals surface area contributed by atoms with Gasteiger partial charge >= 0.3 is 0 Å². The second-order valence-corrected chi connectivity index (χ2v) is 5.16. The molecule has 114 valence electrons. The highest BCUT2D eigenvalue weighted by Gasteiger charge is 2.10. The summed E-state index contributed by atoms with van der Waals surface area (Å²) in [5.41, 5.74) is 8.01. The first-order valence-corrected chi connectivity index (χ1v) is 7.11. The Hall–Kier alpha value is -1.47. The predicted molar refractivity (Wildman–Crippen MR) is 85.6 cm³/mol. The normalized spacial score (nSPS) is 10.0. The quantitative estimate of drug-likeness (QED) is 0.851. The second kappa shape index (κ2) is 8.74. The first-order chi connectivity index (χ1) is 9.74. The van der Waals surface area contributed by atoms with Gasteiger partial charge in [0.1, 0.15) is 10.7 Å². The number of hydrogen-bond acceptors (Lipinski definition) is 5. The lowest BCUT2D eigenvalue weighted by Crippen LogP contribution is -2.23. The molecule has 2 aromatic rings. The van der Waals surface area contributed by atoms with Gasteiger partial charge in [-0.3, -0.25) is 4.79 Å². The van der Waals surface area contributed by atoms with Crippen molar-refractivity contribution in [2.45, 2.75) is 19.7 Å². The first-order valence-electron chi connectivity index (χ1n) is 6.23. The molecule has 0 aliphatic carbocycles. The van der Waals surface area contributed by atoms with Gasteiger partial charge in [0.15, 0.2) is 0 Å². The molecule has 1 amide bonds. The van der Waals surface area contributed by atoms with Gasteiger partial charge in [-0.1, -0.05) is 24.3 Å². The van der Waals surface area contributed by atoms with Crippen LogP contribution in [0.3, 0.4) is 0 Å². The number of carbonyl (C=O) groups is 1. The summed E-state index contributed by atoms with van der Waals surface area (Å²) < 4.78 is 5.14. The van der Waals surface area contributed by atoms with Crippen LogP contribution < -0.4 is 11.1 Å². The van der Waals surface area contributed by atoms with Crippen LogP contribution in [-0.4, -0.2) is 18.0 Å². The number of aromatic nitrogens is 1. The van der Waals surface area contributed by atoms with E-state index in [4.69, 9.17) is 10.5 Å². The average Bonchev–Trinajstić information content (AvgIpc) is 2.95. The van der Waals surface area contributed by atoms with Crippen molar-refractivity contribution in [3.63, 3.8) is 0 Å². The lowest BCUT2D eigenvalue weighted by Gasteiger charge is -2.09. The molecular weight excluding hydrogens is 310 g/mol. The van der Waals surface area contributed by atoms with Crippen LogP contribution in [0.1, 0.15) is 26.6 Å². The van der Waals surface area contributed by atoms with E-state index in [0.717, 1.165) is 16.1 Å². The summed E-state index contributed by atoms with van der Waals surface area (Å²) in [6, 6.07) is 7.85. The maximum Gasteiger partial charge on any atom is 0.271 e. The fourth-order valence-corrected chi connectivity index (χ4v) is 2.46. The summed E-state index contributed by atoms with van der Waals surface area (Å²) in [5.74, 6) is -0.187.